The van der Waals surface area contributed by atoms with Gasteiger partial charge in [0.25, 0.3) is 0 Å². The van der Waals surface area contributed by atoms with Crippen molar-refractivity contribution in [1.82, 2.24) is 9.97 Å². The van der Waals surface area contributed by atoms with Gasteiger partial charge in [0.15, 0.2) is 0 Å². The topological polar surface area (TPSA) is 25.8 Å². The van der Waals surface area contributed by atoms with Crippen molar-refractivity contribution in [2.75, 3.05) is 0 Å². The molecule has 2 nitrogen and oxygen atoms in total. The van der Waals surface area contributed by atoms with E-state index >= 15 is 0 Å². The summed E-state index contributed by atoms with van der Waals surface area (Å²) >= 11 is 0. The molecule has 0 unspecified atom stereocenters. The average molecular weight is 1270 g/mol. The van der Waals surface area contributed by atoms with Gasteiger partial charge in [-0.2, -0.15) is 24.3 Å². The van der Waals surface area contributed by atoms with Crippen LogP contribution >= 0.6 is 0 Å². The summed E-state index contributed by atoms with van der Waals surface area (Å²) in [5.74, 6) is 0. The van der Waals surface area contributed by atoms with Gasteiger partial charge >= 0.3 is 0 Å². The van der Waals surface area contributed by atoms with Crippen molar-refractivity contribution in [2.45, 2.75) is 6.92 Å². The van der Waals surface area contributed by atoms with E-state index in [4.69, 9.17) is 9.97 Å². The van der Waals surface area contributed by atoms with Crippen LogP contribution in [0.4, 0.5) is 0 Å². The van der Waals surface area contributed by atoms with E-state index < -0.39 is 0 Å². The Labute approximate surface area is 517 Å². The molecule has 0 N–H and O–H groups in total. The van der Waals surface area contributed by atoms with Crippen LogP contribution in [0.2, 0.25) is 0 Å². The molecule has 3 heteroatoms. The SMILES string of the molecule is Cc1cc(-c2[c-]cc(-c3ccccc3-c3cc(-c4ccccc4-c4c[c-]c(-c5ccccn5)cc4-c4ccccc4)cc(-c4ccccc4-c4c[c-]c(-c5ccccn5)cc4-c4ccccc4)c3)c(-c3ccccc3)c2)[c-]cc1-c1ccccc1.[Ir]. The Kier molecular flexibility index (Phi) is 15.8. The second-order valence-corrected chi connectivity index (χ2v) is 21.3. The number of rotatable bonds is 13. The number of benzene rings is 12. The first-order chi connectivity index (χ1) is 42.1. The molecular formula is C83H54IrN2-4. The normalized spacial score (nSPS) is 11.0. The minimum absolute atomic E-state index is 0. The standard InChI is InChI=1S/C83H54N2.Ir/c1-57-50-62(40-44-69(57)58-24-6-2-7-25-58)63-41-45-76(79(54-63)59-26-8-3-9-27-59)73-35-17-14-32-70(73)66-51-67(71-33-15-18-36-74(71)77-46-42-64(82-38-20-22-48-84-82)55-80(77)60-28-10-4-11-29-60)53-68(52-66)72-34-16-19-37-75(72)78-47-43-65(83-39-21-23-49-85-83)56-81(78)61-30-12-5-13-31-61;/h2-39,44-56H,1H3;/q-4;. The molecule has 0 aliphatic rings. The molecule has 0 aliphatic heterocycles. The van der Waals surface area contributed by atoms with Gasteiger partial charge in [-0.3, -0.25) is 0 Å². The predicted molar refractivity (Wildman–Crippen MR) is 353 cm³/mol. The van der Waals surface area contributed by atoms with Crippen molar-refractivity contribution in [3.63, 3.8) is 0 Å². The van der Waals surface area contributed by atoms with Gasteiger partial charge < -0.3 is 9.97 Å². The number of hydrogen-bond acceptors (Lipinski definition) is 2. The van der Waals surface area contributed by atoms with Crippen LogP contribution in [0.3, 0.4) is 0 Å². The zero-order valence-electron chi connectivity index (χ0n) is 47.2. The van der Waals surface area contributed by atoms with Crippen molar-refractivity contribution in [2.24, 2.45) is 0 Å². The second-order valence-electron chi connectivity index (χ2n) is 21.3. The van der Waals surface area contributed by atoms with E-state index in [9.17, 15) is 0 Å². The second kappa shape index (κ2) is 24.8. The smallest absolute Gasteiger partial charge is 0.0160 e. The van der Waals surface area contributed by atoms with E-state index in [-0.39, 0.29) is 20.1 Å². The van der Waals surface area contributed by atoms with Gasteiger partial charge in [-0.15, -0.1) is 70.8 Å². The van der Waals surface area contributed by atoms with Crippen LogP contribution < -0.4 is 0 Å². The monoisotopic (exact) mass is 1270 g/mol. The van der Waals surface area contributed by atoms with Crippen LogP contribution in [0.15, 0.2) is 310 Å². The van der Waals surface area contributed by atoms with Crippen LogP contribution in [0, 0.1) is 31.2 Å². The van der Waals surface area contributed by atoms with Gasteiger partial charge in [0.2, 0.25) is 0 Å². The molecule has 12 aromatic carbocycles. The fourth-order valence-corrected chi connectivity index (χ4v) is 11.9. The minimum atomic E-state index is 0. The Bertz CT molecular complexity index is 4490. The summed E-state index contributed by atoms with van der Waals surface area (Å²) in [6, 6.07) is 121. The van der Waals surface area contributed by atoms with E-state index in [0.29, 0.717) is 0 Å². The minimum Gasteiger partial charge on any atom is -0.305 e. The molecule has 0 saturated heterocycles. The summed E-state index contributed by atoms with van der Waals surface area (Å²) < 4.78 is 0. The van der Waals surface area contributed by atoms with Crippen molar-refractivity contribution in [1.29, 1.82) is 0 Å². The van der Waals surface area contributed by atoms with Crippen molar-refractivity contribution >= 4 is 0 Å². The molecule has 1 radical (unpaired) electrons. The van der Waals surface area contributed by atoms with Gasteiger partial charge in [-0.25, -0.2) is 11.1 Å². The molecule has 0 fully saturated rings. The van der Waals surface area contributed by atoms with Crippen LogP contribution in [-0.2, 0) is 20.1 Å². The molecule has 0 saturated carbocycles. The number of aromatic nitrogens is 2. The Balaban J connectivity index is 0.00000686. The van der Waals surface area contributed by atoms with Crippen molar-refractivity contribution in [3.05, 3.63) is 339 Å². The van der Waals surface area contributed by atoms with Gasteiger partial charge in [0.05, 0.1) is 0 Å². The molecule has 0 amide bonds. The summed E-state index contributed by atoms with van der Waals surface area (Å²) in [6.45, 7) is 2.18. The first kappa shape index (κ1) is 54.8. The van der Waals surface area contributed by atoms with E-state index in [1.807, 2.05) is 48.8 Å². The maximum Gasteiger partial charge on any atom is 0.0160 e. The number of pyridine rings is 2. The first-order valence-corrected chi connectivity index (χ1v) is 28.8. The van der Waals surface area contributed by atoms with E-state index in [2.05, 4.69) is 292 Å². The largest absolute Gasteiger partial charge is 0.305 e. The van der Waals surface area contributed by atoms with Crippen LogP contribution in [0.25, 0.3) is 145 Å². The fraction of sp³-hybridized carbons (Fsp3) is 0.0120. The Morgan fingerprint density at radius 1 is 0.221 bits per heavy atom. The summed E-state index contributed by atoms with van der Waals surface area (Å²) in [5, 5.41) is 0. The van der Waals surface area contributed by atoms with E-state index in [1.165, 1.54) is 16.7 Å². The summed E-state index contributed by atoms with van der Waals surface area (Å²) in [6.07, 6.45) is 3.68. The Morgan fingerprint density at radius 3 is 0.837 bits per heavy atom. The van der Waals surface area contributed by atoms with E-state index in [0.717, 1.165) is 134 Å². The number of aryl methyl sites for hydroxylation is 1. The van der Waals surface area contributed by atoms with E-state index in [1.54, 1.807) is 0 Å². The van der Waals surface area contributed by atoms with Crippen molar-refractivity contribution < 1.29 is 20.1 Å². The summed E-state index contributed by atoms with van der Waals surface area (Å²) in [5.41, 5.74) is 28.9. The average Bonchev–Trinajstić information content (AvgIpc) is 2.16. The Hall–Kier alpha value is -10.4. The molecular weight excluding hydrogens is 1220 g/mol. The molecule has 14 rings (SSSR count). The first-order valence-electron chi connectivity index (χ1n) is 28.8. The third-order valence-corrected chi connectivity index (χ3v) is 16.0. The molecule has 0 aliphatic carbocycles. The third kappa shape index (κ3) is 11.1. The molecule has 2 aromatic heterocycles. The molecule has 409 valence electrons. The van der Waals surface area contributed by atoms with Crippen LogP contribution in [0.5, 0.6) is 0 Å². The summed E-state index contributed by atoms with van der Waals surface area (Å²) in [4.78, 5) is 9.49. The number of hydrogen-bond donors (Lipinski definition) is 0. The Morgan fingerprint density at radius 2 is 0.500 bits per heavy atom. The number of nitrogens with zero attached hydrogens (tertiary/aromatic N) is 2. The zero-order chi connectivity index (χ0) is 56.9. The molecule has 2 heterocycles. The maximum atomic E-state index is 4.74. The molecule has 0 bridgehead atoms. The van der Waals surface area contributed by atoms with Crippen LogP contribution in [0.1, 0.15) is 5.56 Å². The fourth-order valence-electron chi connectivity index (χ4n) is 11.9. The van der Waals surface area contributed by atoms with Gasteiger partial charge in [-0.1, -0.05) is 281 Å². The molecule has 86 heavy (non-hydrogen) atoms. The predicted octanol–water partition coefficient (Wildman–Crippen LogP) is 21.7. The van der Waals surface area contributed by atoms with Crippen LogP contribution in [-0.4, -0.2) is 9.97 Å². The summed E-state index contributed by atoms with van der Waals surface area (Å²) in [7, 11) is 0. The molecule has 0 atom stereocenters. The molecule has 0 spiro atoms. The molecule has 14 aromatic rings. The van der Waals surface area contributed by atoms with Gasteiger partial charge in [0, 0.05) is 32.5 Å². The van der Waals surface area contributed by atoms with Gasteiger partial charge in [0.1, 0.15) is 0 Å². The van der Waals surface area contributed by atoms with Gasteiger partial charge in [-0.05, 0) is 91.8 Å². The van der Waals surface area contributed by atoms with Crippen molar-refractivity contribution in [3.8, 4) is 145 Å². The zero-order valence-corrected chi connectivity index (χ0v) is 49.6. The maximum absolute atomic E-state index is 4.74. The quantitative estimate of drug-likeness (QED) is 0.108. The third-order valence-electron chi connectivity index (χ3n) is 16.0.